The van der Waals surface area contributed by atoms with Gasteiger partial charge in [0.2, 0.25) is 0 Å². The van der Waals surface area contributed by atoms with Crippen LogP contribution in [0, 0.1) is 48.5 Å². The Morgan fingerprint density at radius 3 is 1.98 bits per heavy atom. The molecule has 0 saturated carbocycles. The molecule has 0 amide bonds. The molecule has 2 aromatic heterocycles. The van der Waals surface area contributed by atoms with Gasteiger partial charge in [-0.25, -0.2) is 4.98 Å². The minimum absolute atomic E-state index is 0. The number of hydrogen-bond donors (Lipinski definition) is 1. The maximum atomic E-state index is 12.3. The first-order chi connectivity index (χ1) is 21.0. The van der Waals surface area contributed by atoms with E-state index in [1.165, 1.54) is 21.9 Å². The maximum Gasteiger partial charge on any atom is 0.162 e. The van der Waals surface area contributed by atoms with Gasteiger partial charge in [0, 0.05) is 56.1 Å². The largest absolute Gasteiger partial charge is 0.512 e. The summed E-state index contributed by atoms with van der Waals surface area (Å²) in [4.78, 5) is 22.5. The number of nitrogens with zero attached hydrogens (tertiary/aromatic N) is 2. The van der Waals surface area contributed by atoms with E-state index < -0.39 is 0 Å². The van der Waals surface area contributed by atoms with Gasteiger partial charge in [0.15, 0.2) is 5.78 Å². The molecule has 0 fully saturated rings. The van der Waals surface area contributed by atoms with Gasteiger partial charge in [0.25, 0.3) is 0 Å². The van der Waals surface area contributed by atoms with Gasteiger partial charge in [-0.05, 0) is 47.6 Å². The van der Waals surface area contributed by atoms with Crippen LogP contribution in [-0.2, 0) is 30.3 Å². The number of aliphatic hydroxyl groups excluding tert-OH is 1. The standard InChI is InChI=1S/C23H21N2S.C17H32O2.Ir/c1-15-25-14-22(26-15)17-9-10-24-21(13-17)18-11-16-7-5-6-8-19(16)20(12-18)23(2,3)4;1-10(2)16(11(3)4)14(18)9-15(19)17(12(5)6)13(7)8;/h5-10,12-14H,1-4H3;9-13,16-18H,1-8H3;/q-1;;/b;14-9-;. The van der Waals surface area contributed by atoms with Crippen LogP contribution in [0.3, 0.4) is 0 Å². The number of allylic oxidation sites excluding steroid dienone is 2. The summed E-state index contributed by atoms with van der Waals surface area (Å²) in [7, 11) is 0. The zero-order valence-electron chi connectivity index (χ0n) is 29.7. The van der Waals surface area contributed by atoms with Crippen LogP contribution in [0.5, 0.6) is 0 Å². The average molecular weight is 818 g/mol. The molecule has 0 aliphatic heterocycles. The van der Waals surface area contributed by atoms with Gasteiger partial charge in [-0.1, -0.05) is 111 Å². The van der Waals surface area contributed by atoms with Crippen molar-refractivity contribution in [3.63, 3.8) is 0 Å². The summed E-state index contributed by atoms with van der Waals surface area (Å²) in [6, 6.07) is 18.5. The van der Waals surface area contributed by atoms with Crippen molar-refractivity contribution in [3.8, 4) is 21.7 Å². The van der Waals surface area contributed by atoms with Crippen LogP contribution in [0.4, 0.5) is 0 Å². The second-order valence-electron chi connectivity index (χ2n) is 14.6. The Hall–Kier alpha value is -2.66. The molecule has 0 spiro atoms. The van der Waals surface area contributed by atoms with Crippen molar-refractivity contribution in [2.45, 2.75) is 88.5 Å². The van der Waals surface area contributed by atoms with Gasteiger partial charge in [0.05, 0.1) is 15.6 Å². The van der Waals surface area contributed by atoms with Crippen LogP contribution in [0.15, 0.2) is 66.7 Å². The maximum absolute atomic E-state index is 12.3. The third-order valence-corrected chi connectivity index (χ3v) is 9.32. The summed E-state index contributed by atoms with van der Waals surface area (Å²) in [6.45, 7) is 25.4. The first-order valence-corrected chi connectivity index (χ1v) is 17.1. The Labute approximate surface area is 295 Å². The fourth-order valence-corrected chi connectivity index (χ4v) is 7.21. The summed E-state index contributed by atoms with van der Waals surface area (Å²) < 4.78 is 0. The smallest absolute Gasteiger partial charge is 0.162 e. The van der Waals surface area contributed by atoms with E-state index in [0.717, 1.165) is 27.2 Å². The molecule has 1 radical (unpaired) electrons. The number of ketones is 1. The van der Waals surface area contributed by atoms with Crippen LogP contribution in [-0.4, -0.2) is 20.9 Å². The van der Waals surface area contributed by atoms with Crippen LogP contribution in [0.25, 0.3) is 32.5 Å². The van der Waals surface area contributed by atoms with Crippen LogP contribution in [0.2, 0.25) is 0 Å². The van der Waals surface area contributed by atoms with E-state index in [0.29, 0.717) is 23.7 Å². The average Bonchev–Trinajstić information content (AvgIpc) is 3.37. The van der Waals surface area contributed by atoms with Gasteiger partial charge >= 0.3 is 0 Å². The predicted molar refractivity (Wildman–Crippen MR) is 193 cm³/mol. The second kappa shape index (κ2) is 16.9. The second-order valence-corrected chi connectivity index (χ2v) is 15.8. The molecule has 0 bridgehead atoms. The number of aryl methyl sites for hydroxylation is 1. The molecule has 251 valence electrons. The Morgan fingerprint density at radius 1 is 0.870 bits per heavy atom. The molecular weight excluding hydrogens is 765 g/mol. The number of benzene rings is 2. The van der Waals surface area contributed by atoms with Gasteiger partial charge in [-0.3, -0.25) is 9.78 Å². The zero-order chi connectivity index (χ0) is 33.6. The van der Waals surface area contributed by atoms with Crippen molar-refractivity contribution in [3.05, 3.63) is 83.3 Å². The number of hydrogen-bond acceptors (Lipinski definition) is 5. The molecule has 0 saturated heterocycles. The van der Waals surface area contributed by atoms with E-state index in [1.54, 1.807) is 11.3 Å². The van der Waals surface area contributed by atoms with E-state index in [2.05, 4.69) is 129 Å². The fourth-order valence-electron chi connectivity index (χ4n) is 6.43. The molecule has 4 rings (SSSR count). The first-order valence-electron chi connectivity index (χ1n) is 16.3. The SMILES string of the molecule is CC(C)C(C(=O)/C=C(\O)C(C(C)C)C(C)C)C(C)C.Cc1ncc(-c2ccnc(-c3[c-]c4ccccc4c(C(C)(C)C)c3)c2)s1.[Ir]. The van der Waals surface area contributed by atoms with E-state index >= 15 is 0 Å². The molecule has 0 aliphatic rings. The topological polar surface area (TPSA) is 63.1 Å². The van der Waals surface area contributed by atoms with Crippen LogP contribution in [0.1, 0.15) is 86.7 Å². The monoisotopic (exact) mass is 818 g/mol. The number of fused-ring (bicyclic) bond motifs is 1. The molecule has 0 unspecified atom stereocenters. The van der Waals surface area contributed by atoms with Crippen molar-refractivity contribution in [1.82, 2.24) is 9.97 Å². The Balaban J connectivity index is 0.000000332. The number of aliphatic hydroxyl groups is 1. The van der Waals surface area contributed by atoms with Crippen molar-refractivity contribution in [1.29, 1.82) is 0 Å². The van der Waals surface area contributed by atoms with Crippen molar-refractivity contribution in [2.24, 2.45) is 35.5 Å². The zero-order valence-corrected chi connectivity index (χ0v) is 32.9. The summed E-state index contributed by atoms with van der Waals surface area (Å²) in [6.07, 6.45) is 5.29. The molecule has 2 aromatic carbocycles. The molecular formula is C40H53IrN2O2S-. The summed E-state index contributed by atoms with van der Waals surface area (Å²) in [5, 5.41) is 13.7. The van der Waals surface area contributed by atoms with E-state index in [1.807, 2.05) is 25.4 Å². The Kier molecular flexibility index (Phi) is 14.6. The normalized spacial score (nSPS) is 12.3. The third-order valence-electron chi connectivity index (χ3n) is 8.36. The van der Waals surface area contributed by atoms with Gasteiger partial charge in [-0.2, -0.15) is 0 Å². The number of rotatable bonds is 9. The number of pyridine rings is 1. The fraction of sp³-hybridized carbons (Fsp3) is 0.475. The van der Waals surface area contributed by atoms with E-state index in [9.17, 15) is 9.90 Å². The molecule has 1 N–H and O–H groups in total. The minimum Gasteiger partial charge on any atom is -0.512 e. The summed E-state index contributed by atoms with van der Waals surface area (Å²) in [5.74, 6) is 1.63. The van der Waals surface area contributed by atoms with Gasteiger partial charge in [-0.15, -0.1) is 40.5 Å². The molecule has 6 heteroatoms. The van der Waals surface area contributed by atoms with Crippen LogP contribution < -0.4 is 0 Å². The predicted octanol–water partition coefficient (Wildman–Crippen LogP) is 11.3. The minimum atomic E-state index is -0.0119. The van der Waals surface area contributed by atoms with Crippen LogP contribution >= 0.6 is 11.3 Å². The molecule has 0 atom stereocenters. The molecule has 4 nitrogen and oxygen atoms in total. The van der Waals surface area contributed by atoms with E-state index in [4.69, 9.17) is 0 Å². The molecule has 2 heterocycles. The number of thiazole rings is 1. The van der Waals surface area contributed by atoms with Gasteiger partial charge in [0.1, 0.15) is 0 Å². The van der Waals surface area contributed by atoms with Crippen molar-refractivity contribution >= 4 is 27.9 Å². The molecule has 0 aliphatic carbocycles. The number of carbonyl (C=O) groups is 1. The summed E-state index contributed by atoms with van der Waals surface area (Å²) >= 11 is 1.71. The molecule has 46 heavy (non-hydrogen) atoms. The van der Waals surface area contributed by atoms with Crippen molar-refractivity contribution in [2.75, 3.05) is 0 Å². The number of carbonyl (C=O) groups excluding carboxylic acids is 1. The Morgan fingerprint density at radius 2 is 1.46 bits per heavy atom. The molecule has 4 aromatic rings. The first kappa shape index (κ1) is 39.5. The summed E-state index contributed by atoms with van der Waals surface area (Å²) in [5.41, 5.74) is 4.51. The Bertz CT molecular complexity index is 1600. The van der Waals surface area contributed by atoms with E-state index in [-0.39, 0.29) is 48.9 Å². The quantitative estimate of drug-likeness (QED) is 0.104. The van der Waals surface area contributed by atoms with Crippen molar-refractivity contribution < 1.29 is 30.0 Å². The number of aromatic nitrogens is 2. The third kappa shape index (κ3) is 10.2. The van der Waals surface area contributed by atoms with Gasteiger partial charge < -0.3 is 5.11 Å².